The Kier molecular flexibility index (Phi) is 7.06. The van der Waals surface area contributed by atoms with Crippen molar-refractivity contribution in [3.63, 3.8) is 0 Å². The van der Waals surface area contributed by atoms with Crippen molar-refractivity contribution >= 4 is 0 Å². The number of alkyl halides is 2. The number of halogens is 2. The van der Waals surface area contributed by atoms with Gasteiger partial charge in [-0.2, -0.15) is 0 Å². The van der Waals surface area contributed by atoms with Crippen LogP contribution in [0.4, 0.5) is 8.78 Å². The molecule has 118 valence electrons. The van der Waals surface area contributed by atoms with Crippen molar-refractivity contribution in [2.45, 2.75) is 31.9 Å². The molecule has 21 heavy (non-hydrogen) atoms. The number of nitrogens with one attached hydrogen (secondary N) is 1. The van der Waals surface area contributed by atoms with Crippen molar-refractivity contribution in [1.29, 1.82) is 0 Å². The molecule has 0 bridgehead atoms. The molecule has 3 nitrogen and oxygen atoms in total. The Morgan fingerprint density at radius 1 is 1.29 bits per heavy atom. The molecular formula is C16H24F2N2O. The predicted molar refractivity (Wildman–Crippen MR) is 79.6 cm³/mol. The van der Waals surface area contributed by atoms with E-state index in [2.05, 4.69) is 34.5 Å². The summed E-state index contributed by atoms with van der Waals surface area (Å²) in [5.41, 5.74) is 1.33. The maximum Gasteiger partial charge on any atom is 0.261 e. The van der Waals surface area contributed by atoms with Gasteiger partial charge in [-0.05, 0) is 24.9 Å². The lowest BCUT2D eigenvalue weighted by atomic mass is 10.0. The van der Waals surface area contributed by atoms with E-state index in [1.807, 2.05) is 6.07 Å². The van der Waals surface area contributed by atoms with Gasteiger partial charge in [0.15, 0.2) is 0 Å². The number of hydrogen-bond acceptors (Lipinski definition) is 3. The fourth-order valence-electron chi connectivity index (χ4n) is 2.72. The molecule has 1 saturated heterocycles. The second-order valence-electron chi connectivity index (χ2n) is 5.48. The van der Waals surface area contributed by atoms with Crippen LogP contribution in [0, 0.1) is 0 Å². The lowest BCUT2D eigenvalue weighted by molar-refractivity contribution is 0.0175. The molecule has 1 aliphatic rings. The van der Waals surface area contributed by atoms with Crippen molar-refractivity contribution in [3.8, 4) is 0 Å². The highest BCUT2D eigenvalue weighted by Crippen LogP contribution is 2.13. The van der Waals surface area contributed by atoms with Crippen LogP contribution in [0.5, 0.6) is 0 Å². The topological polar surface area (TPSA) is 24.5 Å². The molecule has 1 fully saturated rings. The first-order chi connectivity index (χ1) is 10.2. The summed E-state index contributed by atoms with van der Waals surface area (Å²) in [6.45, 7) is 3.61. The zero-order valence-corrected chi connectivity index (χ0v) is 12.3. The quantitative estimate of drug-likeness (QED) is 0.746. The van der Waals surface area contributed by atoms with Crippen molar-refractivity contribution in [1.82, 2.24) is 10.2 Å². The van der Waals surface area contributed by atoms with E-state index < -0.39 is 13.0 Å². The molecule has 1 N–H and O–H groups in total. The molecule has 2 rings (SSSR count). The summed E-state index contributed by atoms with van der Waals surface area (Å²) >= 11 is 0. The third-order valence-corrected chi connectivity index (χ3v) is 3.68. The summed E-state index contributed by atoms with van der Waals surface area (Å²) in [6, 6.07) is 10.9. The van der Waals surface area contributed by atoms with E-state index in [9.17, 15) is 8.78 Å². The van der Waals surface area contributed by atoms with Gasteiger partial charge in [-0.1, -0.05) is 30.3 Å². The van der Waals surface area contributed by atoms with E-state index in [1.54, 1.807) is 0 Å². The highest BCUT2D eigenvalue weighted by atomic mass is 19.3. The van der Waals surface area contributed by atoms with Gasteiger partial charge in [0.1, 0.15) is 6.61 Å². The minimum absolute atomic E-state index is 0.347. The average molecular weight is 298 g/mol. The van der Waals surface area contributed by atoms with Crippen LogP contribution >= 0.6 is 0 Å². The lowest BCUT2D eigenvalue weighted by Crippen LogP contribution is -2.46. The molecule has 1 aromatic carbocycles. The van der Waals surface area contributed by atoms with Gasteiger partial charge in [0.05, 0.1) is 6.61 Å². The zero-order valence-electron chi connectivity index (χ0n) is 12.3. The summed E-state index contributed by atoms with van der Waals surface area (Å²) in [7, 11) is 0. The van der Waals surface area contributed by atoms with Crippen LogP contribution in [-0.2, 0) is 11.3 Å². The van der Waals surface area contributed by atoms with Crippen molar-refractivity contribution in [2.24, 2.45) is 0 Å². The third-order valence-electron chi connectivity index (χ3n) is 3.68. The second kappa shape index (κ2) is 9.07. The molecule has 0 saturated carbocycles. The summed E-state index contributed by atoms with van der Waals surface area (Å²) in [5, 5.41) is 3.40. The first-order valence-corrected chi connectivity index (χ1v) is 7.59. The molecule has 1 aliphatic heterocycles. The van der Waals surface area contributed by atoms with Gasteiger partial charge >= 0.3 is 0 Å². The summed E-state index contributed by atoms with van der Waals surface area (Å²) < 4.78 is 28.7. The molecule has 0 aliphatic carbocycles. The second-order valence-corrected chi connectivity index (χ2v) is 5.48. The van der Waals surface area contributed by atoms with Gasteiger partial charge in [0.2, 0.25) is 0 Å². The molecule has 0 aromatic heterocycles. The van der Waals surface area contributed by atoms with Crippen molar-refractivity contribution in [2.75, 3.05) is 32.8 Å². The number of benzene rings is 1. The van der Waals surface area contributed by atoms with E-state index in [1.165, 1.54) is 12.0 Å². The number of hydrogen-bond donors (Lipinski definition) is 1. The highest BCUT2D eigenvalue weighted by molar-refractivity contribution is 5.14. The normalized spacial score (nSPS) is 20.0. The van der Waals surface area contributed by atoms with E-state index in [0.29, 0.717) is 19.2 Å². The van der Waals surface area contributed by atoms with Crippen LogP contribution in [0.1, 0.15) is 18.4 Å². The van der Waals surface area contributed by atoms with Gasteiger partial charge in [-0.25, -0.2) is 8.78 Å². The van der Waals surface area contributed by atoms with Crippen LogP contribution in [0.3, 0.4) is 0 Å². The Morgan fingerprint density at radius 2 is 2.10 bits per heavy atom. The molecule has 0 amide bonds. The van der Waals surface area contributed by atoms with Gasteiger partial charge < -0.3 is 10.1 Å². The molecule has 0 radical (unpaired) electrons. The van der Waals surface area contributed by atoms with Crippen LogP contribution in [-0.4, -0.2) is 50.2 Å². The van der Waals surface area contributed by atoms with E-state index in [-0.39, 0.29) is 0 Å². The number of likely N-dealkylation sites (tertiary alicyclic amines) is 1. The van der Waals surface area contributed by atoms with Gasteiger partial charge in [-0.15, -0.1) is 0 Å². The van der Waals surface area contributed by atoms with E-state index >= 15 is 0 Å². The fraction of sp³-hybridized carbons (Fsp3) is 0.625. The highest BCUT2D eigenvalue weighted by Gasteiger charge is 2.19. The fourth-order valence-corrected chi connectivity index (χ4v) is 2.72. The molecular weight excluding hydrogens is 274 g/mol. The van der Waals surface area contributed by atoms with E-state index in [4.69, 9.17) is 4.74 Å². The maximum atomic E-state index is 11.9. The van der Waals surface area contributed by atoms with Crippen LogP contribution in [0.25, 0.3) is 0 Å². The molecule has 0 spiro atoms. The average Bonchev–Trinajstić information content (AvgIpc) is 2.48. The maximum absolute atomic E-state index is 11.9. The van der Waals surface area contributed by atoms with Gasteiger partial charge in [-0.3, -0.25) is 4.90 Å². The lowest BCUT2D eigenvalue weighted by Gasteiger charge is -2.33. The zero-order chi connectivity index (χ0) is 14.9. The Labute approximate surface area is 125 Å². The minimum Gasteiger partial charge on any atom is -0.374 e. The predicted octanol–water partition coefficient (Wildman–Crippen LogP) is 2.52. The van der Waals surface area contributed by atoms with Crippen LogP contribution < -0.4 is 5.32 Å². The Hall–Kier alpha value is -1.04. The number of nitrogens with zero attached hydrogens (tertiary/aromatic N) is 1. The monoisotopic (exact) mass is 298 g/mol. The number of piperidine rings is 1. The van der Waals surface area contributed by atoms with Crippen molar-refractivity contribution < 1.29 is 13.5 Å². The first-order valence-electron chi connectivity index (χ1n) is 7.59. The molecule has 5 heteroatoms. The van der Waals surface area contributed by atoms with Gasteiger partial charge in [0.25, 0.3) is 6.43 Å². The first kappa shape index (κ1) is 16.3. The Morgan fingerprint density at radius 3 is 2.86 bits per heavy atom. The Balaban J connectivity index is 1.64. The molecule has 1 atom stereocenters. The SMILES string of the molecule is FC(F)COCCNC1CCCN(Cc2ccccc2)C1. The standard InChI is InChI=1S/C16H24F2N2O/c17-16(18)13-21-10-8-19-15-7-4-9-20(12-15)11-14-5-2-1-3-6-14/h1-3,5-6,15-16,19H,4,7-13H2. The Bertz CT molecular complexity index is 389. The van der Waals surface area contributed by atoms with E-state index in [0.717, 1.165) is 26.1 Å². The van der Waals surface area contributed by atoms with Crippen LogP contribution in [0.15, 0.2) is 30.3 Å². The smallest absolute Gasteiger partial charge is 0.261 e. The largest absolute Gasteiger partial charge is 0.374 e. The van der Waals surface area contributed by atoms with Crippen LogP contribution in [0.2, 0.25) is 0 Å². The molecule has 1 aromatic rings. The van der Waals surface area contributed by atoms with Gasteiger partial charge in [0, 0.05) is 25.7 Å². The minimum atomic E-state index is -2.37. The number of ether oxygens (including phenoxy) is 1. The van der Waals surface area contributed by atoms with Crippen molar-refractivity contribution in [3.05, 3.63) is 35.9 Å². The summed E-state index contributed by atoms with van der Waals surface area (Å²) in [5.74, 6) is 0. The summed E-state index contributed by atoms with van der Waals surface area (Å²) in [4.78, 5) is 2.44. The number of rotatable bonds is 8. The summed E-state index contributed by atoms with van der Waals surface area (Å²) in [6.07, 6.45) is -0.0660. The molecule has 1 heterocycles. The molecule has 1 unspecified atom stereocenters. The third kappa shape index (κ3) is 6.50.